The third-order valence-electron chi connectivity index (χ3n) is 25.5. The number of allylic oxidation sites excluding steroid dienone is 2. The molecule has 6 aliphatic heterocycles. The number of carbonyl (C=O) groups excluding carboxylic acids is 1. The van der Waals surface area contributed by atoms with Crippen molar-refractivity contribution in [1.82, 2.24) is 0 Å². The predicted octanol–water partition coefficient (Wildman–Crippen LogP) is -4.86. The molecule has 10 fully saturated rings. The van der Waals surface area contributed by atoms with E-state index in [0.717, 1.165) is 12.8 Å². The molecule has 5 aliphatic carbocycles. The molecule has 0 amide bonds. The van der Waals surface area contributed by atoms with E-state index >= 15 is 4.79 Å². The lowest BCUT2D eigenvalue weighted by molar-refractivity contribution is -0.388. The lowest BCUT2D eigenvalue weighted by Crippen LogP contribution is -2.67. The molecule has 0 aromatic heterocycles. The zero-order valence-corrected chi connectivity index (χ0v) is 55.5. The van der Waals surface area contributed by atoms with Gasteiger partial charge in [-0.3, -0.25) is 4.79 Å². The summed E-state index contributed by atoms with van der Waals surface area (Å²) in [6, 6.07) is 0. The molecule has 11 rings (SSSR count). The lowest BCUT2D eigenvalue weighted by Gasteiger charge is -2.71. The molecule has 0 spiro atoms. The van der Waals surface area contributed by atoms with Crippen LogP contribution in [0.1, 0.15) is 113 Å². The summed E-state index contributed by atoms with van der Waals surface area (Å²) in [4.78, 5) is 15.4. The van der Waals surface area contributed by atoms with E-state index in [1.807, 2.05) is 0 Å². The van der Waals surface area contributed by atoms with Gasteiger partial charge in [-0.2, -0.15) is 0 Å². The molecule has 552 valence electrons. The van der Waals surface area contributed by atoms with Crippen LogP contribution in [0, 0.1) is 56.7 Å². The molecule has 39 unspecified atom stereocenters. The highest BCUT2D eigenvalue weighted by molar-refractivity contribution is 5.79. The van der Waals surface area contributed by atoms with Gasteiger partial charge in [0.1, 0.15) is 134 Å². The number of hydrogen-bond donors (Lipinski definition) is 18. The summed E-state index contributed by atoms with van der Waals surface area (Å²) in [5.74, 6) is -0.590. The zero-order valence-electron chi connectivity index (χ0n) is 55.5. The number of hydrogen-bond acceptors (Lipinski definition) is 31. The maximum absolute atomic E-state index is 15.4. The van der Waals surface area contributed by atoms with Crippen LogP contribution in [0.25, 0.3) is 0 Å². The Kier molecular flexibility index (Phi) is 22.4. The van der Waals surface area contributed by atoms with E-state index in [-0.39, 0.29) is 47.0 Å². The van der Waals surface area contributed by atoms with Gasteiger partial charge in [0.15, 0.2) is 31.5 Å². The average Bonchev–Trinajstić information content (AvgIpc) is 0.674. The highest BCUT2D eigenvalue weighted by atomic mass is 16.8. The van der Waals surface area contributed by atoms with Crippen molar-refractivity contribution in [1.29, 1.82) is 0 Å². The van der Waals surface area contributed by atoms with Crippen molar-refractivity contribution in [3.63, 3.8) is 0 Å². The smallest absolute Gasteiger partial charge is 0.315 e. The molecule has 0 radical (unpaired) electrons. The summed E-state index contributed by atoms with van der Waals surface area (Å²) in [7, 11) is 0. The van der Waals surface area contributed by atoms with E-state index in [2.05, 4.69) is 54.5 Å². The van der Waals surface area contributed by atoms with Gasteiger partial charge in [-0.15, -0.1) is 0 Å². The van der Waals surface area contributed by atoms with E-state index in [4.69, 9.17) is 56.8 Å². The van der Waals surface area contributed by atoms with Gasteiger partial charge in [-0.25, -0.2) is 0 Å². The van der Waals surface area contributed by atoms with E-state index in [9.17, 15) is 91.9 Å². The monoisotopic (exact) mass is 1380 g/mol. The Labute approximate surface area is 556 Å². The van der Waals surface area contributed by atoms with Crippen LogP contribution >= 0.6 is 0 Å². The topological polar surface area (TPSA) is 492 Å². The zero-order chi connectivity index (χ0) is 70.0. The molecule has 39 atom stereocenters. The van der Waals surface area contributed by atoms with Gasteiger partial charge in [-0.1, -0.05) is 60.1 Å². The minimum absolute atomic E-state index is 0.0186. The SMILES string of the molecule is CC1CCC2(C(=O)OC3OC(COC4OC(COC5OC(CO)C(O)C(O)C5O)C(O)C(O)C4O)C(O)C(O)C3O)CCC3(C)C(=CCC4C5(C)CCC(OC6OCC(O)C(OC7OC(CO)C(O)C(O)C7O)C6OC6OC(C)C(O)C(O)C6O)C(C)(C)C5CCC43C)C2C1C. The molecular weight excluding hydrogens is 1280 g/mol. The van der Waals surface area contributed by atoms with Crippen LogP contribution in [0.3, 0.4) is 0 Å². The van der Waals surface area contributed by atoms with Gasteiger partial charge in [0.25, 0.3) is 0 Å². The van der Waals surface area contributed by atoms with Crippen LogP contribution in [0.15, 0.2) is 11.6 Å². The molecule has 96 heavy (non-hydrogen) atoms. The van der Waals surface area contributed by atoms with Crippen LogP contribution < -0.4 is 0 Å². The van der Waals surface area contributed by atoms with Crippen LogP contribution in [-0.2, 0) is 61.6 Å². The second-order valence-electron chi connectivity index (χ2n) is 30.9. The summed E-state index contributed by atoms with van der Waals surface area (Å²) in [5.41, 5.74) is -1.50. The summed E-state index contributed by atoms with van der Waals surface area (Å²) in [6.45, 7) is 14.0. The maximum Gasteiger partial charge on any atom is 0.315 e. The average molecular weight is 1380 g/mol. The largest absolute Gasteiger partial charge is 0.432 e. The second-order valence-corrected chi connectivity index (χ2v) is 30.9. The number of fused-ring (bicyclic) bond motifs is 7. The predicted molar refractivity (Wildman–Crippen MR) is 321 cm³/mol. The Bertz CT molecular complexity index is 2680. The number of esters is 1. The van der Waals surface area contributed by atoms with Gasteiger partial charge in [0.2, 0.25) is 6.29 Å². The van der Waals surface area contributed by atoms with Gasteiger partial charge >= 0.3 is 5.97 Å². The number of carbonyl (C=O) groups is 1. The Morgan fingerprint density at radius 2 is 0.979 bits per heavy atom. The Morgan fingerprint density at radius 3 is 1.55 bits per heavy atom. The summed E-state index contributed by atoms with van der Waals surface area (Å²) >= 11 is 0. The molecule has 31 heteroatoms. The van der Waals surface area contributed by atoms with E-state index in [1.165, 1.54) is 12.5 Å². The number of rotatable bonds is 16. The molecule has 0 bridgehead atoms. The third-order valence-corrected chi connectivity index (χ3v) is 25.5. The van der Waals surface area contributed by atoms with E-state index in [0.29, 0.717) is 44.9 Å². The number of ether oxygens (including phenoxy) is 12. The first-order chi connectivity index (χ1) is 45.1. The fourth-order valence-electron chi connectivity index (χ4n) is 19.2. The van der Waals surface area contributed by atoms with Gasteiger partial charge in [-0.05, 0) is 116 Å². The highest BCUT2D eigenvalue weighted by Crippen LogP contribution is 2.76. The molecule has 6 saturated heterocycles. The van der Waals surface area contributed by atoms with Crippen LogP contribution in [0.5, 0.6) is 0 Å². The van der Waals surface area contributed by atoms with Crippen molar-refractivity contribution in [2.75, 3.05) is 33.0 Å². The van der Waals surface area contributed by atoms with Gasteiger partial charge in [0.05, 0.1) is 50.7 Å². The molecule has 4 saturated carbocycles. The minimum atomic E-state index is -1.93. The van der Waals surface area contributed by atoms with Crippen LogP contribution in [0.2, 0.25) is 0 Å². The highest BCUT2D eigenvalue weighted by Gasteiger charge is 2.71. The maximum atomic E-state index is 15.4. The van der Waals surface area contributed by atoms with Crippen LogP contribution in [-0.4, -0.2) is 315 Å². The Morgan fingerprint density at radius 1 is 0.490 bits per heavy atom. The summed E-state index contributed by atoms with van der Waals surface area (Å²) in [6.07, 6.45) is -40.7. The fraction of sp³-hybridized carbons (Fsp3) is 0.954. The molecular formula is C65H106O31. The van der Waals surface area contributed by atoms with Gasteiger partial charge < -0.3 is 149 Å². The van der Waals surface area contributed by atoms with Crippen molar-refractivity contribution in [3.8, 4) is 0 Å². The number of aliphatic hydroxyl groups is 18. The summed E-state index contributed by atoms with van der Waals surface area (Å²) in [5, 5.41) is 194. The molecule has 6 heterocycles. The summed E-state index contributed by atoms with van der Waals surface area (Å²) < 4.78 is 72.1. The van der Waals surface area contributed by atoms with Crippen molar-refractivity contribution < 1.29 is 154 Å². The molecule has 0 aromatic rings. The normalized spacial score (nSPS) is 55.1. The van der Waals surface area contributed by atoms with Crippen molar-refractivity contribution in [2.24, 2.45) is 56.7 Å². The fourth-order valence-corrected chi connectivity index (χ4v) is 19.2. The first-order valence-corrected chi connectivity index (χ1v) is 34.2. The third kappa shape index (κ3) is 12.8. The molecule has 0 aromatic carbocycles. The van der Waals surface area contributed by atoms with Gasteiger partial charge in [0, 0.05) is 0 Å². The first kappa shape index (κ1) is 75.2. The molecule has 11 aliphatic rings. The van der Waals surface area contributed by atoms with E-state index < -0.39 is 233 Å². The van der Waals surface area contributed by atoms with Crippen molar-refractivity contribution in [3.05, 3.63) is 11.6 Å². The first-order valence-electron chi connectivity index (χ1n) is 34.2. The standard InChI is InChI=1S/C65H106O31/c1-24-11-16-65(60(84)96-58-51(83)46(78)41(73)32(92-58)23-87-55-48(80)45(77)40(72)31(91-55)22-86-54-47(79)43(75)38(70)29(19-66)89-54)18-17-63(7)27(36(65)25(24)2)9-10-34-62(6)14-13-35(61(4,5)33(62)12-15-64(34,63)8)93-59-53(95-56-49(81)42(74)37(69)26(3)88-56)52(28(68)21-85-59)94-57-50(82)44(76)39(71)30(20-67)90-57/h9,24-26,28-59,66-83H,10-23H2,1-8H3. The number of aliphatic hydroxyl groups excluding tert-OH is 18. The Hall–Kier alpha value is -1.95. The van der Waals surface area contributed by atoms with Crippen molar-refractivity contribution >= 4 is 5.97 Å². The minimum Gasteiger partial charge on any atom is -0.432 e. The Balaban J connectivity index is 0.787. The molecule has 31 nitrogen and oxygen atoms in total. The molecule has 18 N–H and O–H groups in total. The quantitative estimate of drug-likeness (QED) is 0.0391. The van der Waals surface area contributed by atoms with Crippen molar-refractivity contribution in [2.45, 2.75) is 297 Å². The van der Waals surface area contributed by atoms with Crippen LogP contribution in [0.4, 0.5) is 0 Å². The second kappa shape index (κ2) is 28.6. The lowest BCUT2D eigenvalue weighted by atomic mass is 9.33. The van der Waals surface area contributed by atoms with E-state index in [1.54, 1.807) is 0 Å².